The SMILES string of the molecule is CC(CC(=O)O)Cc1nc(-c2ncccn2)no1. The second kappa shape index (κ2) is 5.35. The van der Waals surface area contributed by atoms with Gasteiger partial charge >= 0.3 is 5.97 Å². The number of hydrogen-bond acceptors (Lipinski definition) is 6. The molecule has 2 heterocycles. The van der Waals surface area contributed by atoms with E-state index in [9.17, 15) is 4.79 Å². The molecule has 0 aliphatic rings. The van der Waals surface area contributed by atoms with Crippen molar-refractivity contribution in [3.05, 3.63) is 24.4 Å². The van der Waals surface area contributed by atoms with E-state index in [0.29, 0.717) is 24.0 Å². The van der Waals surface area contributed by atoms with Crippen molar-refractivity contribution in [1.29, 1.82) is 0 Å². The Morgan fingerprint density at radius 3 is 2.78 bits per heavy atom. The van der Waals surface area contributed by atoms with Crippen LogP contribution in [0.15, 0.2) is 23.0 Å². The molecule has 2 aromatic heterocycles. The summed E-state index contributed by atoms with van der Waals surface area (Å²) in [6.45, 7) is 1.82. The highest BCUT2D eigenvalue weighted by atomic mass is 16.5. The molecule has 7 heteroatoms. The summed E-state index contributed by atoms with van der Waals surface area (Å²) in [5.74, 6) is 0.193. The molecule has 94 valence electrons. The minimum absolute atomic E-state index is 0.0625. The molecule has 18 heavy (non-hydrogen) atoms. The minimum atomic E-state index is -0.839. The summed E-state index contributed by atoms with van der Waals surface area (Å²) in [6, 6.07) is 1.69. The van der Waals surface area contributed by atoms with Crippen LogP contribution in [-0.4, -0.2) is 31.2 Å². The molecule has 0 amide bonds. The molecule has 0 bridgehead atoms. The van der Waals surface area contributed by atoms with Gasteiger partial charge in [-0.05, 0) is 12.0 Å². The largest absolute Gasteiger partial charge is 0.481 e. The van der Waals surface area contributed by atoms with Gasteiger partial charge in [-0.1, -0.05) is 12.1 Å². The van der Waals surface area contributed by atoms with Gasteiger partial charge in [-0.3, -0.25) is 4.79 Å². The van der Waals surface area contributed by atoms with Gasteiger partial charge in [0.1, 0.15) is 0 Å². The number of aliphatic carboxylic acids is 1. The van der Waals surface area contributed by atoms with Crippen molar-refractivity contribution < 1.29 is 14.4 Å². The molecule has 0 saturated carbocycles. The van der Waals surface area contributed by atoms with Crippen LogP contribution in [0.25, 0.3) is 11.6 Å². The van der Waals surface area contributed by atoms with Gasteiger partial charge in [-0.25, -0.2) is 9.97 Å². The van der Waals surface area contributed by atoms with Crippen LogP contribution in [0.1, 0.15) is 19.2 Å². The molecule has 0 aromatic carbocycles. The number of hydrogen-bond donors (Lipinski definition) is 1. The first kappa shape index (κ1) is 12.2. The first-order valence-corrected chi connectivity index (χ1v) is 5.47. The van der Waals surface area contributed by atoms with Crippen LogP contribution in [0.3, 0.4) is 0 Å². The lowest BCUT2D eigenvalue weighted by atomic mass is 10.0. The van der Waals surface area contributed by atoms with Crippen LogP contribution in [0.4, 0.5) is 0 Å². The quantitative estimate of drug-likeness (QED) is 0.847. The van der Waals surface area contributed by atoms with Crippen molar-refractivity contribution in [1.82, 2.24) is 20.1 Å². The van der Waals surface area contributed by atoms with Crippen molar-refractivity contribution in [2.24, 2.45) is 5.92 Å². The lowest BCUT2D eigenvalue weighted by molar-refractivity contribution is -0.137. The number of carboxylic acid groups (broad SMARTS) is 1. The van der Waals surface area contributed by atoms with Gasteiger partial charge in [0.2, 0.25) is 17.5 Å². The molecule has 0 aliphatic carbocycles. The molecule has 7 nitrogen and oxygen atoms in total. The Morgan fingerprint density at radius 1 is 1.39 bits per heavy atom. The zero-order valence-corrected chi connectivity index (χ0v) is 9.78. The monoisotopic (exact) mass is 248 g/mol. The number of nitrogens with zero attached hydrogens (tertiary/aromatic N) is 4. The van der Waals surface area contributed by atoms with Gasteiger partial charge in [-0.15, -0.1) is 0 Å². The molecule has 0 aliphatic heterocycles. The summed E-state index contributed by atoms with van der Waals surface area (Å²) in [7, 11) is 0. The predicted octanol–water partition coefficient (Wildman–Crippen LogP) is 1.18. The lowest BCUT2D eigenvalue weighted by Crippen LogP contribution is -2.07. The maximum absolute atomic E-state index is 10.5. The molecule has 0 radical (unpaired) electrons. The van der Waals surface area contributed by atoms with Crippen molar-refractivity contribution in [2.75, 3.05) is 0 Å². The third kappa shape index (κ3) is 3.09. The maximum atomic E-state index is 10.5. The highest BCUT2D eigenvalue weighted by molar-refractivity contribution is 5.66. The fraction of sp³-hybridized carbons (Fsp3) is 0.364. The highest BCUT2D eigenvalue weighted by Crippen LogP contribution is 2.14. The Hall–Kier alpha value is -2.31. The van der Waals surface area contributed by atoms with E-state index in [1.807, 2.05) is 6.92 Å². The third-order valence-electron chi connectivity index (χ3n) is 2.28. The Labute approximate surface area is 103 Å². The van der Waals surface area contributed by atoms with E-state index >= 15 is 0 Å². The van der Waals surface area contributed by atoms with Gasteiger partial charge in [0.25, 0.3) is 0 Å². The van der Waals surface area contributed by atoms with Crippen molar-refractivity contribution in [3.8, 4) is 11.6 Å². The fourth-order valence-corrected chi connectivity index (χ4v) is 1.51. The molecule has 1 atom stereocenters. The van der Waals surface area contributed by atoms with Gasteiger partial charge < -0.3 is 9.63 Å². The smallest absolute Gasteiger partial charge is 0.303 e. The van der Waals surface area contributed by atoms with Crippen LogP contribution < -0.4 is 0 Å². The highest BCUT2D eigenvalue weighted by Gasteiger charge is 2.15. The van der Waals surface area contributed by atoms with E-state index in [2.05, 4.69) is 20.1 Å². The molecule has 0 saturated heterocycles. The topological polar surface area (TPSA) is 102 Å². The summed E-state index contributed by atoms with van der Waals surface area (Å²) < 4.78 is 5.04. The van der Waals surface area contributed by atoms with E-state index in [1.54, 1.807) is 18.5 Å². The molecular formula is C11H12N4O3. The number of carboxylic acids is 1. The summed E-state index contributed by atoms with van der Waals surface area (Å²) in [6.07, 6.45) is 3.67. The minimum Gasteiger partial charge on any atom is -0.481 e. The third-order valence-corrected chi connectivity index (χ3v) is 2.28. The van der Waals surface area contributed by atoms with E-state index < -0.39 is 5.97 Å². The molecular weight excluding hydrogens is 236 g/mol. The van der Waals surface area contributed by atoms with Crippen molar-refractivity contribution in [2.45, 2.75) is 19.8 Å². The molecule has 2 rings (SSSR count). The second-order valence-electron chi connectivity index (χ2n) is 3.99. The number of rotatable bonds is 5. The van der Waals surface area contributed by atoms with Crippen molar-refractivity contribution in [3.63, 3.8) is 0 Å². The summed E-state index contributed by atoms with van der Waals surface area (Å²) in [5.41, 5.74) is 0. The maximum Gasteiger partial charge on any atom is 0.303 e. The van der Waals surface area contributed by atoms with E-state index in [0.717, 1.165) is 0 Å². The summed E-state index contributed by atoms with van der Waals surface area (Å²) >= 11 is 0. The van der Waals surface area contributed by atoms with Gasteiger partial charge in [-0.2, -0.15) is 4.98 Å². The van der Waals surface area contributed by atoms with Crippen molar-refractivity contribution >= 4 is 5.97 Å². The normalized spacial score (nSPS) is 12.3. The molecule has 2 aromatic rings. The zero-order valence-electron chi connectivity index (χ0n) is 9.78. The van der Waals surface area contributed by atoms with E-state index in [1.165, 1.54) is 0 Å². The average Bonchev–Trinajstić information content (AvgIpc) is 2.77. The summed E-state index contributed by atoms with van der Waals surface area (Å²) in [5, 5.41) is 12.4. The second-order valence-corrected chi connectivity index (χ2v) is 3.99. The van der Waals surface area contributed by atoms with Crippen LogP contribution >= 0.6 is 0 Å². The first-order valence-electron chi connectivity index (χ1n) is 5.47. The number of carbonyl (C=O) groups is 1. The van der Waals surface area contributed by atoms with Crippen LogP contribution in [0.2, 0.25) is 0 Å². The molecule has 1 N–H and O–H groups in total. The Bertz CT molecular complexity index is 526. The molecule has 1 unspecified atom stereocenters. The van der Waals surface area contributed by atoms with Crippen LogP contribution in [0.5, 0.6) is 0 Å². The fourth-order valence-electron chi connectivity index (χ4n) is 1.51. The standard InChI is InChI=1S/C11H12N4O3/c1-7(6-9(16)17)5-8-14-11(15-18-8)10-12-3-2-4-13-10/h2-4,7H,5-6H2,1H3,(H,16,17). The zero-order chi connectivity index (χ0) is 13.0. The van der Waals surface area contributed by atoms with Crippen LogP contribution in [0, 0.1) is 5.92 Å². The molecule has 0 spiro atoms. The number of aromatic nitrogens is 4. The first-order chi connectivity index (χ1) is 8.65. The average molecular weight is 248 g/mol. The Balaban J connectivity index is 2.05. The Kier molecular flexibility index (Phi) is 3.61. The van der Waals surface area contributed by atoms with Gasteiger partial charge in [0.15, 0.2) is 0 Å². The van der Waals surface area contributed by atoms with E-state index in [4.69, 9.17) is 9.63 Å². The lowest BCUT2D eigenvalue weighted by Gasteiger charge is -2.02. The Morgan fingerprint density at radius 2 is 2.11 bits per heavy atom. The van der Waals surface area contributed by atoms with Crippen LogP contribution in [-0.2, 0) is 11.2 Å². The van der Waals surface area contributed by atoms with Gasteiger partial charge in [0, 0.05) is 25.2 Å². The van der Waals surface area contributed by atoms with Gasteiger partial charge in [0.05, 0.1) is 0 Å². The summed E-state index contributed by atoms with van der Waals surface area (Å²) in [4.78, 5) is 22.7. The molecule has 0 fully saturated rings. The van der Waals surface area contributed by atoms with E-state index in [-0.39, 0.29) is 12.3 Å². The predicted molar refractivity (Wildman–Crippen MR) is 60.4 cm³/mol.